The molecule has 3 aromatic rings. The van der Waals surface area contributed by atoms with Crippen LogP contribution in [0.5, 0.6) is 11.6 Å². The van der Waals surface area contributed by atoms with Gasteiger partial charge in [0.1, 0.15) is 17.8 Å². The molecule has 8 nitrogen and oxygen atoms in total. The Hall–Kier alpha value is -3.17. The van der Waals surface area contributed by atoms with Gasteiger partial charge in [-0.25, -0.2) is 13.4 Å². The first kappa shape index (κ1) is 21.5. The minimum absolute atomic E-state index is 0.232. The van der Waals surface area contributed by atoms with Crippen molar-refractivity contribution in [1.29, 1.82) is 0 Å². The fourth-order valence-electron chi connectivity index (χ4n) is 2.84. The third-order valence-electron chi connectivity index (χ3n) is 4.54. The molecule has 3 N–H and O–H groups in total. The second-order valence-electron chi connectivity index (χ2n) is 6.59. The summed E-state index contributed by atoms with van der Waals surface area (Å²) in [7, 11) is -3.51. The Kier molecular flexibility index (Phi) is 6.53. The number of benzene rings is 2. The van der Waals surface area contributed by atoms with Crippen LogP contribution in [0.3, 0.4) is 0 Å². The average molecular weight is 428 g/mol. The highest BCUT2D eigenvalue weighted by Gasteiger charge is 2.21. The summed E-state index contributed by atoms with van der Waals surface area (Å²) in [6.07, 6.45) is 1.35. The van der Waals surface area contributed by atoms with Crippen molar-refractivity contribution < 1.29 is 13.2 Å². The van der Waals surface area contributed by atoms with Gasteiger partial charge < -0.3 is 15.8 Å². The van der Waals surface area contributed by atoms with Crippen LogP contribution in [0.2, 0.25) is 0 Å². The van der Waals surface area contributed by atoms with Gasteiger partial charge in [0.25, 0.3) is 0 Å². The van der Waals surface area contributed by atoms with Gasteiger partial charge in [0.05, 0.1) is 4.90 Å². The quantitative estimate of drug-likeness (QED) is 0.560. The van der Waals surface area contributed by atoms with Crippen LogP contribution in [0.25, 0.3) is 0 Å². The molecule has 0 atom stereocenters. The normalized spacial score (nSPS) is 11.5. The monoisotopic (exact) mass is 427 g/mol. The molecule has 30 heavy (non-hydrogen) atoms. The van der Waals surface area contributed by atoms with Crippen molar-refractivity contribution >= 4 is 27.2 Å². The largest absolute Gasteiger partial charge is 0.437 e. The zero-order valence-electron chi connectivity index (χ0n) is 17.2. The van der Waals surface area contributed by atoms with Crippen LogP contribution < -0.4 is 15.8 Å². The van der Waals surface area contributed by atoms with E-state index >= 15 is 0 Å². The molecule has 0 saturated heterocycles. The molecule has 0 aliphatic heterocycles. The molecule has 3 rings (SSSR count). The molecule has 0 aliphatic rings. The number of hydrogen-bond acceptors (Lipinski definition) is 7. The highest BCUT2D eigenvalue weighted by atomic mass is 32.2. The number of nitrogen functional groups attached to an aromatic ring is 1. The van der Waals surface area contributed by atoms with Gasteiger partial charge in [0, 0.05) is 18.8 Å². The fraction of sp³-hybridized carbons (Fsp3) is 0.238. The minimum Gasteiger partial charge on any atom is -0.437 e. The van der Waals surface area contributed by atoms with Gasteiger partial charge in [-0.1, -0.05) is 31.5 Å². The predicted octanol–water partition coefficient (Wildman–Crippen LogP) is 3.93. The Morgan fingerprint density at radius 2 is 1.63 bits per heavy atom. The summed E-state index contributed by atoms with van der Waals surface area (Å²) >= 11 is 0. The SMILES string of the molecule is CCN(CC)S(=O)(=O)c1ccc(Nc2ncnc(Oc3ccc(C)cc3)c2N)cc1. The fourth-order valence-corrected chi connectivity index (χ4v) is 4.30. The lowest BCUT2D eigenvalue weighted by Gasteiger charge is -2.18. The van der Waals surface area contributed by atoms with E-state index in [9.17, 15) is 8.42 Å². The van der Waals surface area contributed by atoms with E-state index in [1.165, 1.54) is 10.6 Å². The number of rotatable bonds is 8. The number of nitrogens with zero attached hydrogens (tertiary/aromatic N) is 3. The molecule has 1 heterocycles. The molecule has 0 saturated carbocycles. The van der Waals surface area contributed by atoms with Crippen LogP contribution in [0.1, 0.15) is 19.4 Å². The molecule has 2 aromatic carbocycles. The molecule has 0 bridgehead atoms. The molecule has 0 fully saturated rings. The van der Waals surface area contributed by atoms with Gasteiger partial charge in [0.15, 0.2) is 5.82 Å². The van der Waals surface area contributed by atoms with E-state index in [2.05, 4.69) is 15.3 Å². The maximum Gasteiger partial charge on any atom is 0.248 e. The number of aryl methyl sites for hydroxylation is 1. The second kappa shape index (κ2) is 9.10. The Bertz CT molecular complexity index is 1100. The number of sulfonamides is 1. The smallest absolute Gasteiger partial charge is 0.248 e. The third-order valence-corrected chi connectivity index (χ3v) is 6.61. The first-order valence-electron chi connectivity index (χ1n) is 9.57. The van der Waals surface area contributed by atoms with E-state index in [0.717, 1.165) is 5.56 Å². The van der Waals surface area contributed by atoms with Crippen molar-refractivity contribution in [3.05, 3.63) is 60.4 Å². The number of ether oxygens (including phenoxy) is 1. The van der Waals surface area contributed by atoms with Gasteiger partial charge in [0.2, 0.25) is 15.9 Å². The molecular formula is C21H25N5O3S. The van der Waals surface area contributed by atoms with Crippen LogP contribution in [0, 0.1) is 6.92 Å². The predicted molar refractivity (Wildman–Crippen MR) is 118 cm³/mol. The van der Waals surface area contributed by atoms with Crippen molar-refractivity contribution in [1.82, 2.24) is 14.3 Å². The number of nitrogens with one attached hydrogen (secondary N) is 1. The van der Waals surface area contributed by atoms with Crippen LogP contribution in [-0.2, 0) is 10.0 Å². The van der Waals surface area contributed by atoms with E-state index < -0.39 is 10.0 Å². The van der Waals surface area contributed by atoms with Gasteiger partial charge >= 0.3 is 0 Å². The average Bonchev–Trinajstić information content (AvgIpc) is 2.73. The summed E-state index contributed by atoms with van der Waals surface area (Å²) in [6, 6.07) is 14.0. The highest BCUT2D eigenvalue weighted by Crippen LogP contribution is 2.31. The number of aromatic nitrogens is 2. The van der Waals surface area contributed by atoms with E-state index in [4.69, 9.17) is 10.5 Å². The lowest BCUT2D eigenvalue weighted by molar-refractivity contribution is 0.445. The summed E-state index contributed by atoms with van der Waals surface area (Å²) in [5.74, 6) is 1.21. The molecule has 0 radical (unpaired) electrons. The molecule has 9 heteroatoms. The summed E-state index contributed by atoms with van der Waals surface area (Å²) in [6.45, 7) is 6.44. The lowest BCUT2D eigenvalue weighted by Crippen LogP contribution is -2.30. The lowest BCUT2D eigenvalue weighted by atomic mass is 10.2. The summed E-state index contributed by atoms with van der Waals surface area (Å²) in [5, 5.41) is 3.08. The van der Waals surface area contributed by atoms with Crippen molar-refractivity contribution in [3.63, 3.8) is 0 Å². The third kappa shape index (κ3) is 4.69. The van der Waals surface area contributed by atoms with E-state index in [0.29, 0.717) is 30.3 Å². The Labute approximate surface area is 176 Å². The van der Waals surface area contributed by atoms with Gasteiger partial charge in [-0.15, -0.1) is 0 Å². The molecule has 158 valence electrons. The summed E-state index contributed by atoms with van der Waals surface area (Å²) in [5.41, 5.74) is 8.17. The molecule has 0 unspecified atom stereocenters. The number of hydrogen-bond donors (Lipinski definition) is 2. The molecular weight excluding hydrogens is 402 g/mol. The van der Waals surface area contributed by atoms with Crippen molar-refractivity contribution in [2.45, 2.75) is 25.7 Å². The van der Waals surface area contributed by atoms with Gasteiger partial charge in [-0.3, -0.25) is 0 Å². The summed E-state index contributed by atoms with van der Waals surface area (Å²) in [4.78, 5) is 8.49. The Morgan fingerprint density at radius 3 is 2.23 bits per heavy atom. The minimum atomic E-state index is -3.51. The van der Waals surface area contributed by atoms with Crippen LogP contribution >= 0.6 is 0 Å². The Balaban J connectivity index is 1.79. The van der Waals surface area contributed by atoms with E-state index in [1.807, 2.05) is 45.0 Å². The van der Waals surface area contributed by atoms with Crippen molar-refractivity contribution in [2.24, 2.45) is 0 Å². The zero-order valence-corrected chi connectivity index (χ0v) is 18.0. The van der Waals surface area contributed by atoms with E-state index in [1.54, 1.807) is 24.3 Å². The number of nitrogens with two attached hydrogens (primary N) is 1. The topological polar surface area (TPSA) is 110 Å². The first-order valence-corrected chi connectivity index (χ1v) is 11.0. The zero-order chi connectivity index (χ0) is 21.7. The summed E-state index contributed by atoms with van der Waals surface area (Å²) < 4.78 is 32.4. The molecule has 0 aliphatic carbocycles. The maximum atomic E-state index is 12.6. The van der Waals surface area contributed by atoms with E-state index in [-0.39, 0.29) is 16.5 Å². The second-order valence-corrected chi connectivity index (χ2v) is 8.53. The van der Waals surface area contributed by atoms with Gasteiger partial charge in [-0.2, -0.15) is 9.29 Å². The standard InChI is InChI=1S/C21H25N5O3S/c1-4-26(5-2)30(27,28)18-12-8-16(9-13-18)25-20-19(22)21(24-14-23-20)29-17-10-6-15(3)7-11-17/h6-14H,4-5,22H2,1-3H3,(H,23,24,25). The van der Waals surface area contributed by atoms with Crippen LogP contribution in [-0.4, -0.2) is 35.8 Å². The van der Waals surface area contributed by atoms with Crippen LogP contribution in [0.15, 0.2) is 59.8 Å². The first-order chi connectivity index (χ1) is 14.3. The molecule has 1 aromatic heterocycles. The van der Waals surface area contributed by atoms with Crippen molar-refractivity contribution in [3.8, 4) is 11.6 Å². The van der Waals surface area contributed by atoms with Crippen molar-refractivity contribution in [2.75, 3.05) is 24.1 Å². The number of anilines is 3. The molecule has 0 amide bonds. The maximum absolute atomic E-state index is 12.6. The highest BCUT2D eigenvalue weighted by molar-refractivity contribution is 7.89. The van der Waals surface area contributed by atoms with Crippen LogP contribution in [0.4, 0.5) is 17.2 Å². The molecule has 0 spiro atoms. The Morgan fingerprint density at radius 1 is 1.00 bits per heavy atom. The van der Waals surface area contributed by atoms with Gasteiger partial charge in [-0.05, 0) is 43.3 Å².